The average Bonchev–Trinajstić information content (AvgIpc) is 2.39. The molecule has 1 aromatic rings. The van der Waals surface area contributed by atoms with E-state index in [-0.39, 0.29) is 12.4 Å². The van der Waals surface area contributed by atoms with Gasteiger partial charge in [-0.25, -0.2) is 8.42 Å². The molecule has 108 valence electrons. The highest BCUT2D eigenvalue weighted by atomic mass is 35.5. The van der Waals surface area contributed by atoms with Crippen molar-refractivity contribution < 1.29 is 8.42 Å². The van der Waals surface area contributed by atoms with Gasteiger partial charge < -0.3 is 5.73 Å². The summed E-state index contributed by atoms with van der Waals surface area (Å²) < 4.78 is 26.4. The standard InChI is InChI=1S/C13H20N2O2S.ClH/c1-11-3-2-4-13(9-11)18(16,17)15-7-5-12(10-14)6-8-15;/h2-4,9,12H,5-8,10,14H2,1H3;1H. The minimum Gasteiger partial charge on any atom is -0.330 e. The topological polar surface area (TPSA) is 63.4 Å². The first kappa shape index (κ1) is 16.4. The van der Waals surface area contributed by atoms with Crippen LogP contribution in [0.15, 0.2) is 29.2 Å². The Bertz CT molecular complexity index is 511. The summed E-state index contributed by atoms with van der Waals surface area (Å²) in [7, 11) is -3.32. The summed E-state index contributed by atoms with van der Waals surface area (Å²) in [6.07, 6.45) is 1.73. The van der Waals surface area contributed by atoms with Crippen LogP contribution in [0, 0.1) is 12.8 Å². The van der Waals surface area contributed by atoms with E-state index in [0.717, 1.165) is 18.4 Å². The van der Waals surface area contributed by atoms with Gasteiger partial charge in [0.1, 0.15) is 0 Å². The lowest BCUT2D eigenvalue weighted by Crippen LogP contribution is -2.40. The molecule has 4 nitrogen and oxygen atoms in total. The van der Waals surface area contributed by atoms with Crippen LogP contribution in [-0.4, -0.2) is 32.4 Å². The van der Waals surface area contributed by atoms with Gasteiger partial charge in [-0.1, -0.05) is 12.1 Å². The number of nitrogens with zero attached hydrogens (tertiary/aromatic N) is 1. The molecule has 0 spiro atoms. The molecule has 6 heteroatoms. The predicted molar refractivity (Wildman–Crippen MR) is 79.0 cm³/mol. The molecule has 19 heavy (non-hydrogen) atoms. The molecule has 0 amide bonds. The monoisotopic (exact) mass is 304 g/mol. The number of sulfonamides is 1. The average molecular weight is 305 g/mol. The number of aryl methyl sites for hydroxylation is 1. The number of nitrogens with two attached hydrogens (primary N) is 1. The zero-order chi connectivity index (χ0) is 13.2. The van der Waals surface area contributed by atoms with Crippen molar-refractivity contribution in [1.82, 2.24) is 4.31 Å². The van der Waals surface area contributed by atoms with Gasteiger partial charge in [0.2, 0.25) is 10.0 Å². The molecule has 2 rings (SSSR count). The van der Waals surface area contributed by atoms with E-state index in [1.807, 2.05) is 13.0 Å². The summed E-state index contributed by atoms with van der Waals surface area (Å²) in [6, 6.07) is 7.08. The van der Waals surface area contributed by atoms with Crippen molar-refractivity contribution >= 4 is 22.4 Å². The molecular formula is C13H21ClN2O2S. The summed E-state index contributed by atoms with van der Waals surface area (Å²) in [5.41, 5.74) is 6.59. The first-order chi connectivity index (χ1) is 8.54. The lowest BCUT2D eigenvalue weighted by atomic mass is 9.99. The Kier molecular flexibility index (Phi) is 5.80. The summed E-state index contributed by atoms with van der Waals surface area (Å²) in [4.78, 5) is 0.397. The highest BCUT2D eigenvalue weighted by Gasteiger charge is 2.28. The number of halogens is 1. The van der Waals surface area contributed by atoms with Gasteiger partial charge in [0.05, 0.1) is 4.90 Å². The van der Waals surface area contributed by atoms with Gasteiger partial charge in [-0.05, 0) is 49.9 Å². The Labute approximate surface area is 121 Å². The van der Waals surface area contributed by atoms with Crippen molar-refractivity contribution in [2.24, 2.45) is 11.7 Å². The summed E-state index contributed by atoms with van der Waals surface area (Å²) in [5.74, 6) is 0.467. The quantitative estimate of drug-likeness (QED) is 0.926. The maximum absolute atomic E-state index is 12.4. The van der Waals surface area contributed by atoms with Crippen LogP contribution in [-0.2, 0) is 10.0 Å². The molecule has 0 saturated carbocycles. The third-order valence-corrected chi connectivity index (χ3v) is 5.43. The van der Waals surface area contributed by atoms with Crippen LogP contribution in [0.25, 0.3) is 0 Å². The second-order valence-corrected chi connectivity index (χ2v) is 6.84. The van der Waals surface area contributed by atoms with E-state index in [1.165, 1.54) is 0 Å². The Hall–Kier alpha value is -0.620. The molecule has 1 aromatic carbocycles. The SMILES string of the molecule is Cc1cccc(S(=O)(=O)N2CCC(CN)CC2)c1.Cl. The third kappa shape index (κ3) is 3.69. The molecule has 0 bridgehead atoms. The van der Waals surface area contributed by atoms with E-state index < -0.39 is 10.0 Å². The molecule has 1 aliphatic heterocycles. The zero-order valence-corrected chi connectivity index (χ0v) is 12.7. The lowest BCUT2D eigenvalue weighted by molar-refractivity contribution is 0.278. The Morgan fingerprint density at radius 2 is 1.95 bits per heavy atom. The normalized spacial score (nSPS) is 18.0. The van der Waals surface area contributed by atoms with Crippen LogP contribution < -0.4 is 5.73 Å². The molecule has 1 saturated heterocycles. The highest BCUT2D eigenvalue weighted by Crippen LogP contribution is 2.23. The van der Waals surface area contributed by atoms with Crippen molar-refractivity contribution in [3.8, 4) is 0 Å². The van der Waals surface area contributed by atoms with Crippen LogP contribution >= 0.6 is 12.4 Å². The van der Waals surface area contributed by atoms with Crippen molar-refractivity contribution in [2.75, 3.05) is 19.6 Å². The van der Waals surface area contributed by atoms with E-state index >= 15 is 0 Å². The fraction of sp³-hybridized carbons (Fsp3) is 0.538. The van der Waals surface area contributed by atoms with E-state index in [2.05, 4.69) is 0 Å². The second kappa shape index (κ2) is 6.70. The largest absolute Gasteiger partial charge is 0.330 e. The molecule has 0 unspecified atom stereocenters. The maximum Gasteiger partial charge on any atom is 0.243 e. The van der Waals surface area contributed by atoms with E-state index in [0.29, 0.717) is 30.4 Å². The van der Waals surface area contributed by atoms with Gasteiger partial charge in [-0.15, -0.1) is 12.4 Å². The molecular weight excluding hydrogens is 284 g/mol. The van der Waals surface area contributed by atoms with Gasteiger partial charge in [0.25, 0.3) is 0 Å². The Morgan fingerprint density at radius 3 is 2.47 bits per heavy atom. The van der Waals surface area contributed by atoms with Crippen molar-refractivity contribution in [2.45, 2.75) is 24.7 Å². The molecule has 0 atom stereocenters. The molecule has 1 fully saturated rings. The Balaban J connectivity index is 0.00000180. The van der Waals surface area contributed by atoms with Crippen molar-refractivity contribution in [1.29, 1.82) is 0 Å². The number of piperidine rings is 1. The predicted octanol–water partition coefficient (Wildman–Crippen LogP) is 1.78. The van der Waals surface area contributed by atoms with Crippen LogP contribution in [0.3, 0.4) is 0 Å². The van der Waals surface area contributed by atoms with Gasteiger partial charge in [-0.2, -0.15) is 4.31 Å². The highest BCUT2D eigenvalue weighted by molar-refractivity contribution is 7.89. The third-order valence-electron chi connectivity index (χ3n) is 3.53. The smallest absolute Gasteiger partial charge is 0.243 e. The number of rotatable bonds is 3. The molecule has 1 heterocycles. The van der Waals surface area contributed by atoms with Crippen molar-refractivity contribution in [3.05, 3.63) is 29.8 Å². The minimum atomic E-state index is -3.32. The van der Waals surface area contributed by atoms with Crippen molar-refractivity contribution in [3.63, 3.8) is 0 Å². The van der Waals surface area contributed by atoms with E-state index in [4.69, 9.17) is 5.73 Å². The van der Waals surface area contributed by atoms with Gasteiger partial charge in [0, 0.05) is 13.1 Å². The zero-order valence-electron chi connectivity index (χ0n) is 11.1. The van der Waals surface area contributed by atoms with Crippen LogP contribution in [0.2, 0.25) is 0 Å². The number of hydrogen-bond donors (Lipinski definition) is 1. The van der Waals surface area contributed by atoms with E-state index in [9.17, 15) is 8.42 Å². The van der Waals surface area contributed by atoms with Gasteiger partial charge >= 0.3 is 0 Å². The molecule has 0 aromatic heterocycles. The first-order valence-corrected chi connectivity index (χ1v) is 7.75. The first-order valence-electron chi connectivity index (χ1n) is 6.31. The van der Waals surface area contributed by atoms with Crippen LogP contribution in [0.1, 0.15) is 18.4 Å². The van der Waals surface area contributed by atoms with Gasteiger partial charge in [-0.3, -0.25) is 0 Å². The second-order valence-electron chi connectivity index (χ2n) is 4.90. The fourth-order valence-corrected chi connectivity index (χ4v) is 3.89. The molecule has 0 aliphatic carbocycles. The summed E-state index contributed by atoms with van der Waals surface area (Å²) in [6.45, 7) is 3.72. The van der Waals surface area contributed by atoms with Gasteiger partial charge in [0.15, 0.2) is 0 Å². The Morgan fingerprint density at radius 1 is 1.32 bits per heavy atom. The number of hydrogen-bond acceptors (Lipinski definition) is 3. The molecule has 1 aliphatic rings. The summed E-state index contributed by atoms with van der Waals surface area (Å²) in [5, 5.41) is 0. The maximum atomic E-state index is 12.4. The summed E-state index contributed by atoms with van der Waals surface area (Å²) >= 11 is 0. The van der Waals surface area contributed by atoms with Crippen LogP contribution in [0.4, 0.5) is 0 Å². The van der Waals surface area contributed by atoms with E-state index in [1.54, 1.807) is 22.5 Å². The van der Waals surface area contributed by atoms with Crippen LogP contribution in [0.5, 0.6) is 0 Å². The fourth-order valence-electron chi connectivity index (χ4n) is 2.31. The lowest BCUT2D eigenvalue weighted by Gasteiger charge is -2.30. The minimum absolute atomic E-state index is 0. The molecule has 2 N–H and O–H groups in total. The molecule has 0 radical (unpaired) electrons. The number of benzene rings is 1.